The van der Waals surface area contributed by atoms with Crippen LogP contribution in [0, 0.1) is 6.92 Å². The first-order chi connectivity index (χ1) is 6.74. The first-order valence-electron chi connectivity index (χ1n) is 4.64. The molecule has 0 aliphatic rings. The minimum Gasteiger partial charge on any atom is -0.358 e. The second-order valence-corrected chi connectivity index (χ2v) is 4.23. The second kappa shape index (κ2) is 3.75. The lowest BCUT2D eigenvalue weighted by molar-refractivity contribution is 0.823. The van der Waals surface area contributed by atoms with Crippen molar-refractivity contribution in [1.82, 2.24) is 10.3 Å². The highest BCUT2D eigenvalue weighted by molar-refractivity contribution is 9.10. The molecule has 1 aromatic heterocycles. The molecule has 2 nitrogen and oxygen atoms in total. The fourth-order valence-electron chi connectivity index (χ4n) is 1.75. The average molecular weight is 253 g/mol. The number of hydrogen-bond acceptors (Lipinski definition) is 1. The number of nitrogens with one attached hydrogen (secondary N) is 2. The van der Waals surface area contributed by atoms with Crippen LogP contribution in [-0.2, 0) is 6.54 Å². The van der Waals surface area contributed by atoms with Gasteiger partial charge in [-0.2, -0.15) is 0 Å². The molecule has 0 saturated heterocycles. The molecule has 0 bridgehead atoms. The normalized spacial score (nSPS) is 11.1. The lowest BCUT2D eigenvalue weighted by Gasteiger charge is -2.02. The second-order valence-electron chi connectivity index (χ2n) is 3.43. The summed E-state index contributed by atoms with van der Waals surface area (Å²) in [6.07, 6.45) is 0. The molecule has 0 amide bonds. The summed E-state index contributed by atoms with van der Waals surface area (Å²) in [5.74, 6) is 0. The van der Waals surface area contributed by atoms with Crippen LogP contribution >= 0.6 is 15.9 Å². The number of hydrogen-bond donors (Lipinski definition) is 2. The molecule has 0 aliphatic carbocycles. The van der Waals surface area contributed by atoms with Gasteiger partial charge in [0, 0.05) is 27.6 Å². The van der Waals surface area contributed by atoms with Crippen molar-refractivity contribution in [3.8, 4) is 0 Å². The van der Waals surface area contributed by atoms with Crippen LogP contribution in [0.5, 0.6) is 0 Å². The predicted molar refractivity (Wildman–Crippen MR) is 63.5 cm³/mol. The maximum Gasteiger partial charge on any atom is 0.0471 e. The Hall–Kier alpha value is -0.800. The Bertz CT molecular complexity index is 460. The summed E-state index contributed by atoms with van der Waals surface area (Å²) in [5, 5.41) is 4.47. The molecule has 3 heteroatoms. The molecule has 2 aromatic rings. The highest BCUT2D eigenvalue weighted by Crippen LogP contribution is 2.30. The van der Waals surface area contributed by atoms with Gasteiger partial charge in [-0.1, -0.05) is 12.1 Å². The summed E-state index contributed by atoms with van der Waals surface area (Å²) in [6.45, 7) is 2.97. The smallest absolute Gasteiger partial charge is 0.0471 e. The molecule has 14 heavy (non-hydrogen) atoms. The molecule has 0 fully saturated rings. The first kappa shape index (κ1) is 9.74. The minimum atomic E-state index is 0.896. The Balaban J connectivity index is 2.71. The van der Waals surface area contributed by atoms with Crippen LogP contribution < -0.4 is 5.32 Å². The van der Waals surface area contributed by atoms with Crippen LogP contribution in [-0.4, -0.2) is 12.0 Å². The van der Waals surface area contributed by atoms with Gasteiger partial charge in [-0.25, -0.2) is 0 Å². The van der Waals surface area contributed by atoms with Crippen molar-refractivity contribution in [3.63, 3.8) is 0 Å². The van der Waals surface area contributed by atoms with Gasteiger partial charge in [0.1, 0.15) is 0 Å². The number of fused-ring (bicyclic) bond motifs is 1. The quantitative estimate of drug-likeness (QED) is 0.846. The van der Waals surface area contributed by atoms with E-state index in [9.17, 15) is 0 Å². The average Bonchev–Trinajstić information content (AvgIpc) is 2.45. The van der Waals surface area contributed by atoms with Gasteiger partial charge < -0.3 is 10.3 Å². The Kier molecular flexibility index (Phi) is 2.61. The van der Waals surface area contributed by atoms with Crippen molar-refractivity contribution in [1.29, 1.82) is 0 Å². The molecule has 0 saturated carbocycles. The summed E-state index contributed by atoms with van der Waals surface area (Å²) in [4.78, 5) is 3.35. The fourth-order valence-corrected chi connectivity index (χ4v) is 2.31. The molecule has 2 N–H and O–H groups in total. The standard InChI is InChI=1S/C11H13BrN2/c1-7-11(12)10-8(6-13-2)4-3-5-9(10)14-7/h3-5,13-14H,6H2,1-2H3. The van der Waals surface area contributed by atoms with Crippen LogP contribution in [0.2, 0.25) is 0 Å². The number of H-pyrrole nitrogens is 1. The Morgan fingerprint density at radius 1 is 1.43 bits per heavy atom. The van der Waals surface area contributed by atoms with Crippen molar-refractivity contribution in [2.45, 2.75) is 13.5 Å². The van der Waals surface area contributed by atoms with E-state index in [0.29, 0.717) is 0 Å². The van der Waals surface area contributed by atoms with Crippen molar-refractivity contribution < 1.29 is 0 Å². The highest BCUT2D eigenvalue weighted by atomic mass is 79.9. The van der Waals surface area contributed by atoms with Gasteiger partial charge in [-0.05, 0) is 41.5 Å². The molecule has 0 radical (unpaired) electrons. The number of aromatic nitrogens is 1. The van der Waals surface area contributed by atoms with Crippen LogP contribution in [0.15, 0.2) is 22.7 Å². The Morgan fingerprint density at radius 3 is 2.93 bits per heavy atom. The van der Waals surface area contributed by atoms with Crippen molar-refractivity contribution >= 4 is 26.8 Å². The van der Waals surface area contributed by atoms with E-state index < -0.39 is 0 Å². The molecule has 0 unspecified atom stereocenters. The van der Waals surface area contributed by atoms with Gasteiger partial charge in [-0.3, -0.25) is 0 Å². The summed E-state index contributed by atoms with van der Waals surface area (Å²) < 4.78 is 1.18. The zero-order valence-electron chi connectivity index (χ0n) is 8.32. The van der Waals surface area contributed by atoms with Crippen molar-refractivity contribution in [2.24, 2.45) is 0 Å². The van der Waals surface area contributed by atoms with E-state index in [1.165, 1.54) is 26.6 Å². The zero-order chi connectivity index (χ0) is 10.1. The highest BCUT2D eigenvalue weighted by Gasteiger charge is 2.08. The third kappa shape index (κ3) is 1.47. The molecule has 2 rings (SSSR count). The number of aryl methyl sites for hydroxylation is 1. The van der Waals surface area contributed by atoms with Crippen LogP contribution in [0.4, 0.5) is 0 Å². The number of rotatable bonds is 2. The Morgan fingerprint density at radius 2 is 2.21 bits per heavy atom. The SMILES string of the molecule is CNCc1cccc2[nH]c(C)c(Br)c12. The van der Waals surface area contributed by atoms with Gasteiger partial charge in [0.15, 0.2) is 0 Å². The monoisotopic (exact) mass is 252 g/mol. The van der Waals surface area contributed by atoms with Crippen molar-refractivity contribution in [2.75, 3.05) is 7.05 Å². The van der Waals surface area contributed by atoms with E-state index >= 15 is 0 Å². The molecule has 0 atom stereocenters. The number of halogens is 1. The van der Waals surface area contributed by atoms with Gasteiger partial charge in [0.05, 0.1) is 0 Å². The maximum absolute atomic E-state index is 3.61. The zero-order valence-corrected chi connectivity index (χ0v) is 9.90. The van der Waals surface area contributed by atoms with Gasteiger partial charge in [0.2, 0.25) is 0 Å². The topological polar surface area (TPSA) is 27.8 Å². The lowest BCUT2D eigenvalue weighted by Crippen LogP contribution is -2.05. The lowest BCUT2D eigenvalue weighted by atomic mass is 10.1. The summed E-state index contributed by atoms with van der Waals surface area (Å²) in [7, 11) is 1.96. The third-order valence-electron chi connectivity index (χ3n) is 2.39. The number of benzene rings is 1. The molecular weight excluding hydrogens is 240 g/mol. The molecule has 1 aromatic carbocycles. The Labute approximate surface area is 91.8 Å². The summed E-state index contributed by atoms with van der Waals surface area (Å²) in [6, 6.07) is 6.33. The summed E-state index contributed by atoms with van der Waals surface area (Å²) >= 11 is 3.61. The molecule has 0 aliphatic heterocycles. The summed E-state index contributed by atoms with van der Waals surface area (Å²) in [5.41, 5.74) is 3.70. The minimum absolute atomic E-state index is 0.896. The van der Waals surface area contributed by atoms with Gasteiger partial charge >= 0.3 is 0 Å². The number of aromatic amines is 1. The molecule has 1 heterocycles. The maximum atomic E-state index is 3.61. The fraction of sp³-hybridized carbons (Fsp3) is 0.273. The van der Waals surface area contributed by atoms with Gasteiger partial charge in [0.25, 0.3) is 0 Å². The molecule has 74 valence electrons. The largest absolute Gasteiger partial charge is 0.358 e. The van der Waals surface area contributed by atoms with E-state index in [1.807, 2.05) is 7.05 Å². The van der Waals surface area contributed by atoms with Crippen LogP contribution in [0.25, 0.3) is 10.9 Å². The van der Waals surface area contributed by atoms with Crippen LogP contribution in [0.1, 0.15) is 11.3 Å². The van der Waals surface area contributed by atoms with E-state index in [-0.39, 0.29) is 0 Å². The first-order valence-corrected chi connectivity index (χ1v) is 5.43. The molecule has 0 spiro atoms. The molecular formula is C11H13BrN2. The van der Waals surface area contributed by atoms with E-state index in [1.54, 1.807) is 0 Å². The van der Waals surface area contributed by atoms with E-state index in [0.717, 1.165) is 6.54 Å². The van der Waals surface area contributed by atoms with Crippen molar-refractivity contribution in [3.05, 3.63) is 33.9 Å². The predicted octanol–water partition coefficient (Wildman–Crippen LogP) is 2.96. The third-order valence-corrected chi connectivity index (χ3v) is 3.38. The van der Waals surface area contributed by atoms with E-state index in [4.69, 9.17) is 0 Å². The van der Waals surface area contributed by atoms with Gasteiger partial charge in [-0.15, -0.1) is 0 Å². The van der Waals surface area contributed by atoms with Crippen LogP contribution in [0.3, 0.4) is 0 Å². The van der Waals surface area contributed by atoms with E-state index in [2.05, 4.69) is 51.4 Å².